The van der Waals surface area contributed by atoms with Gasteiger partial charge < -0.3 is 10.4 Å². The first-order chi connectivity index (χ1) is 10.0. The van der Waals surface area contributed by atoms with E-state index in [1.54, 1.807) is 0 Å². The highest BCUT2D eigenvalue weighted by Crippen LogP contribution is 2.24. The van der Waals surface area contributed by atoms with Crippen LogP contribution in [0.4, 0.5) is 0 Å². The van der Waals surface area contributed by atoms with E-state index in [9.17, 15) is 9.59 Å². The van der Waals surface area contributed by atoms with Gasteiger partial charge in [0.05, 0.1) is 5.92 Å². The van der Waals surface area contributed by atoms with Crippen LogP contribution >= 0.6 is 12.6 Å². The van der Waals surface area contributed by atoms with Crippen LogP contribution in [0.25, 0.3) is 0 Å². The van der Waals surface area contributed by atoms with Crippen LogP contribution in [0.1, 0.15) is 30.0 Å². The van der Waals surface area contributed by atoms with E-state index in [1.165, 1.54) is 24.5 Å². The summed E-state index contributed by atoms with van der Waals surface area (Å²) in [6.07, 6.45) is 4.04. The maximum absolute atomic E-state index is 12.1. The maximum Gasteiger partial charge on any atom is 0.325 e. The van der Waals surface area contributed by atoms with Crippen molar-refractivity contribution in [2.45, 2.75) is 38.6 Å². The van der Waals surface area contributed by atoms with Crippen molar-refractivity contribution in [3.8, 4) is 0 Å². The molecule has 0 aromatic heterocycles. The number of hydrogen-bond donors (Lipinski definition) is 3. The first-order valence-electron chi connectivity index (χ1n) is 7.26. The molecule has 0 spiro atoms. The minimum Gasteiger partial charge on any atom is -0.480 e. The Morgan fingerprint density at radius 2 is 2.05 bits per heavy atom. The summed E-state index contributed by atoms with van der Waals surface area (Å²) < 4.78 is 0. The fourth-order valence-corrected chi connectivity index (χ4v) is 2.96. The summed E-state index contributed by atoms with van der Waals surface area (Å²) in [5.74, 6) is -1.19. The molecular weight excluding hydrogens is 286 g/mol. The molecule has 1 aromatic carbocycles. The third-order valence-corrected chi connectivity index (χ3v) is 4.41. The second-order valence-electron chi connectivity index (χ2n) is 5.61. The van der Waals surface area contributed by atoms with Crippen molar-refractivity contribution in [2.75, 3.05) is 5.75 Å². The molecule has 0 aliphatic heterocycles. The second-order valence-corrected chi connectivity index (χ2v) is 5.97. The molecule has 2 N–H and O–H groups in total. The van der Waals surface area contributed by atoms with Gasteiger partial charge >= 0.3 is 5.97 Å². The Balaban J connectivity index is 2.01. The van der Waals surface area contributed by atoms with Gasteiger partial charge in [-0.2, -0.15) is 12.6 Å². The number of carboxylic acids is 1. The molecule has 4 nitrogen and oxygen atoms in total. The number of carbonyl (C=O) groups excluding carboxylic acids is 1. The van der Waals surface area contributed by atoms with Gasteiger partial charge in [0, 0.05) is 5.75 Å². The molecule has 21 heavy (non-hydrogen) atoms. The number of rotatable bonds is 6. The Morgan fingerprint density at radius 3 is 2.71 bits per heavy atom. The van der Waals surface area contributed by atoms with Gasteiger partial charge in [0.1, 0.15) is 6.04 Å². The zero-order valence-electron chi connectivity index (χ0n) is 12.1. The molecule has 1 amide bonds. The van der Waals surface area contributed by atoms with Crippen molar-refractivity contribution < 1.29 is 14.7 Å². The average Bonchev–Trinajstić information content (AvgIpc) is 2.91. The molecule has 1 aliphatic rings. The number of aliphatic carboxylic acids is 1. The van der Waals surface area contributed by atoms with Crippen molar-refractivity contribution in [1.82, 2.24) is 5.32 Å². The Kier molecular flexibility index (Phi) is 5.28. The van der Waals surface area contributed by atoms with E-state index >= 15 is 0 Å². The van der Waals surface area contributed by atoms with E-state index in [4.69, 9.17) is 5.11 Å². The van der Waals surface area contributed by atoms with Gasteiger partial charge in [-0.15, -0.1) is 0 Å². The first kappa shape index (κ1) is 15.9. The van der Waals surface area contributed by atoms with E-state index in [1.807, 2.05) is 0 Å². The number of carboxylic acid groups (broad SMARTS) is 1. The van der Waals surface area contributed by atoms with Gasteiger partial charge in [0.15, 0.2) is 0 Å². The Hall–Kier alpha value is -1.49. The third kappa shape index (κ3) is 4.00. The number of aryl methyl sites for hydroxylation is 2. The van der Waals surface area contributed by atoms with Crippen LogP contribution in [-0.2, 0) is 28.9 Å². The van der Waals surface area contributed by atoms with Gasteiger partial charge in [-0.05, 0) is 49.3 Å². The number of thiol groups is 1. The van der Waals surface area contributed by atoms with Crippen LogP contribution < -0.4 is 5.32 Å². The zero-order chi connectivity index (χ0) is 15.4. The van der Waals surface area contributed by atoms with E-state index in [2.05, 4.69) is 36.1 Å². The molecule has 0 radical (unpaired) electrons. The summed E-state index contributed by atoms with van der Waals surface area (Å²) in [7, 11) is 0. The number of fused-ring (bicyclic) bond motifs is 1. The number of amides is 1. The molecule has 114 valence electrons. The first-order valence-corrected chi connectivity index (χ1v) is 7.89. The largest absolute Gasteiger partial charge is 0.480 e. The lowest BCUT2D eigenvalue weighted by Crippen LogP contribution is -2.42. The predicted molar refractivity (Wildman–Crippen MR) is 84.8 cm³/mol. The van der Waals surface area contributed by atoms with Gasteiger partial charge in [-0.1, -0.05) is 18.2 Å². The summed E-state index contributed by atoms with van der Waals surface area (Å²) in [6.45, 7) is 1.46. The summed E-state index contributed by atoms with van der Waals surface area (Å²) in [6, 6.07) is 5.51. The minimum absolute atomic E-state index is 0.250. The SMILES string of the molecule is C[C@H](NC(=O)C(CS)Cc1ccc2c(c1)CCC2)C(=O)O. The standard InChI is InChI=1S/C16H21NO3S/c1-10(16(19)20)17-15(18)14(9-21)8-11-5-6-12-3-2-4-13(12)7-11/h5-7,10,14,21H,2-4,8-9H2,1H3,(H,17,18)(H,19,20)/t10-,14?/m0/s1. The predicted octanol–water partition coefficient (Wildman–Crippen LogP) is 1.85. The highest BCUT2D eigenvalue weighted by Gasteiger charge is 2.22. The molecule has 0 saturated carbocycles. The molecule has 1 aromatic rings. The molecule has 0 bridgehead atoms. The van der Waals surface area contributed by atoms with Crippen LogP contribution in [0.5, 0.6) is 0 Å². The Bertz CT molecular complexity index is 544. The Labute approximate surface area is 130 Å². The molecule has 2 atom stereocenters. The minimum atomic E-state index is -1.03. The summed E-state index contributed by atoms with van der Waals surface area (Å²) in [5.41, 5.74) is 3.91. The fraction of sp³-hybridized carbons (Fsp3) is 0.500. The van der Waals surface area contributed by atoms with Crippen LogP contribution in [-0.4, -0.2) is 28.8 Å². The third-order valence-electron chi connectivity index (χ3n) is 3.97. The monoisotopic (exact) mass is 307 g/mol. The van der Waals surface area contributed by atoms with Crippen molar-refractivity contribution >= 4 is 24.5 Å². The summed E-state index contributed by atoms with van der Waals surface area (Å²) in [4.78, 5) is 22.9. The topological polar surface area (TPSA) is 66.4 Å². The van der Waals surface area contributed by atoms with E-state index in [0.717, 1.165) is 18.4 Å². The van der Waals surface area contributed by atoms with E-state index < -0.39 is 12.0 Å². The average molecular weight is 307 g/mol. The molecule has 5 heteroatoms. The van der Waals surface area contributed by atoms with Crippen molar-refractivity contribution in [1.29, 1.82) is 0 Å². The van der Waals surface area contributed by atoms with Crippen LogP contribution in [0.2, 0.25) is 0 Å². The summed E-state index contributed by atoms with van der Waals surface area (Å²) >= 11 is 4.23. The molecular formula is C16H21NO3S. The fourth-order valence-electron chi connectivity index (χ4n) is 2.67. The number of nitrogens with one attached hydrogen (secondary N) is 1. The highest BCUT2D eigenvalue weighted by molar-refractivity contribution is 7.80. The molecule has 2 rings (SSSR count). The maximum atomic E-state index is 12.1. The Morgan fingerprint density at radius 1 is 1.33 bits per heavy atom. The van der Waals surface area contributed by atoms with Crippen molar-refractivity contribution in [3.63, 3.8) is 0 Å². The molecule has 1 unspecified atom stereocenters. The molecule has 0 saturated heterocycles. The summed E-state index contributed by atoms with van der Waals surface area (Å²) in [5, 5.41) is 11.4. The molecule has 0 fully saturated rings. The van der Waals surface area contributed by atoms with Crippen molar-refractivity contribution in [3.05, 3.63) is 34.9 Å². The van der Waals surface area contributed by atoms with Gasteiger partial charge in [0.25, 0.3) is 0 Å². The number of hydrogen-bond acceptors (Lipinski definition) is 3. The molecule has 1 aliphatic carbocycles. The lowest BCUT2D eigenvalue weighted by atomic mass is 9.97. The zero-order valence-corrected chi connectivity index (χ0v) is 13.0. The van der Waals surface area contributed by atoms with Gasteiger partial charge in [-0.25, -0.2) is 0 Å². The normalized spacial score (nSPS) is 16.1. The quantitative estimate of drug-likeness (QED) is 0.703. The molecule has 0 heterocycles. The van der Waals surface area contributed by atoms with E-state index in [0.29, 0.717) is 12.2 Å². The van der Waals surface area contributed by atoms with Crippen LogP contribution in [0, 0.1) is 5.92 Å². The number of carbonyl (C=O) groups is 2. The smallest absolute Gasteiger partial charge is 0.325 e. The van der Waals surface area contributed by atoms with Crippen LogP contribution in [0.15, 0.2) is 18.2 Å². The lowest BCUT2D eigenvalue weighted by Gasteiger charge is -2.17. The van der Waals surface area contributed by atoms with Crippen molar-refractivity contribution in [2.24, 2.45) is 5.92 Å². The van der Waals surface area contributed by atoms with Gasteiger partial charge in [0.2, 0.25) is 5.91 Å². The number of benzene rings is 1. The lowest BCUT2D eigenvalue weighted by molar-refractivity contribution is -0.141. The highest BCUT2D eigenvalue weighted by atomic mass is 32.1. The van der Waals surface area contributed by atoms with E-state index in [-0.39, 0.29) is 11.8 Å². The van der Waals surface area contributed by atoms with Crippen LogP contribution in [0.3, 0.4) is 0 Å². The van der Waals surface area contributed by atoms with Gasteiger partial charge in [-0.3, -0.25) is 9.59 Å². The second kappa shape index (κ2) is 6.98.